The van der Waals surface area contributed by atoms with Crippen LogP contribution in [-0.2, 0) is 9.59 Å². The van der Waals surface area contributed by atoms with E-state index in [9.17, 15) is 14.4 Å². The van der Waals surface area contributed by atoms with Gasteiger partial charge in [-0.15, -0.1) is 0 Å². The van der Waals surface area contributed by atoms with Crippen molar-refractivity contribution in [1.29, 1.82) is 0 Å². The van der Waals surface area contributed by atoms with Gasteiger partial charge in [0.1, 0.15) is 5.75 Å². The third-order valence-electron chi connectivity index (χ3n) is 3.83. The van der Waals surface area contributed by atoms with Crippen LogP contribution in [0.5, 0.6) is 5.75 Å². The third-order valence-corrected chi connectivity index (χ3v) is 3.83. The van der Waals surface area contributed by atoms with Gasteiger partial charge in [-0.3, -0.25) is 14.4 Å². The molecule has 0 bridgehead atoms. The predicted octanol–water partition coefficient (Wildman–Crippen LogP) is 2.27. The summed E-state index contributed by atoms with van der Waals surface area (Å²) in [6.07, 6.45) is -0.170. The van der Waals surface area contributed by atoms with Gasteiger partial charge in [0.2, 0.25) is 0 Å². The highest BCUT2D eigenvalue weighted by Crippen LogP contribution is 2.21. The minimum absolute atomic E-state index is 0.0522. The lowest BCUT2D eigenvalue weighted by Gasteiger charge is -2.33. The zero-order valence-electron chi connectivity index (χ0n) is 13.9. The molecule has 0 aliphatic carbocycles. The number of benzene rings is 1. The minimum atomic E-state index is -0.975. The van der Waals surface area contributed by atoms with Gasteiger partial charge in [0.25, 0.3) is 5.91 Å². The molecule has 6 heteroatoms. The van der Waals surface area contributed by atoms with Gasteiger partial charge in [-0.25, -0.2) is 0 Å². The first-order chi connectivity index (χ1) is 10.6. The van der Waals surface area contributed by atoms with Crippen LogP contribution in [0, 0.1) is 5.92 Å². The Kier molecular flexibility index (Phi) is 6.30. The van der Waals surface area contributed by atoms with Crippen LogP contribution in [0.2, 0.25) is 0 Å². The molecule has 23 heavy (non-hydrogen) atoms. The molecule has 2 N–H and O–H groups in total. The molecule has 1 rings (SSSR count). The lowest BCUT2D eigenvalue weighted by Crippen LogP contribution is -2.52. The van der Waals surface area contributed by atoms with Gasteiger partial charge in [-0.05, 0) is 31.9 Å². The van der Waals surface area contributed by atoms with Crippen molar-refractivity contribution in [2.45, 2.75) is 39.7 Å². The van der Waals surface area contributed by atoms with Crippen molar-refractivity contribution in [2.24, 2.45) is 5.92 Å². The fourth-order valence-electron chi connectivity index (χ4n) is 2.02. The fraction of sp³-hybridized carbons (Fsp3) is 0.471. The molecule has 0 radical (unpaired) electrons. The molecule has 126 valence electrons. The largest absolute Gasteiger partial charge is 0.484 e. The number of carbonyl (C=O) groups is 3. The quantitative estimate of drug-likeness (QED) is 0.717. The average molecular weight is 321 g/mol. The molecule has 0 aliphatic rings. The summed E-state index contributed by atoms with van der Waals surface area (Å²) in [5, 5.41) is 11.7. The fourth-order valence-corrected chi connectivity index (χ4v) is 2.02. The molecule has 1 atom stereocenters. The highest BCUT2D eigenvalue weighted by molar-refractivity contribution is 5.94. The van der Waals surface area contributed by atoms with Gasteiger partial charge in [0.15, 0.2) is 12.4 Å². The van der Waals surface area contributed by atoms with Gasteiger partial charge < -0.3 is 15.2 Å². The average Bonchev–Trinajstić information content (AvgIpc) is 2.44. The first kappa shape index (κ1) is 18.7. The molecule has 6 nitrogen and oxygen atoms in total. The van der Waals surface area contributed by atoms with E-state index in [4.69, 9.17) is 9.84 Å². The zero-order chi connectivity index (χ0) is 17.6. The molecule has 1 aromatic carbocycles. The van der Waals surface area contributed by atoms with Gasteiger partial charge in [-0.1, -0.05) is 26.0 Å². The number of Topliss-reactive ketones (excluding diaryl/α,β-unsaturated/α-hetero) is 1. The smallest absolute Gasteiger partial charge is 0.305 e. The van der Waals surface area contributed by atoms with E-state index in [-0.39, 0.29) is 24.7 Å². The van der Waals surface area contributed by atoms with Crippen molar-refractivity contribution < 1.29 is 24.2 Å². The number of ketones is 1. The number of carbonyl (C=O) groups excluding carboxylic acids is 2. The second kappa shape index (κ2) is 7.76. The molecular formula is C17H23NO5. The lowest BCUT2D eigenvalue weighted by molar-refractivity contribution is -0.139. The van der Waals surface area contributed by atoms with Gasteiger partial charge in [0.05, 0.1) is 12.0 Å². The summed E-state index contributed by atoms with van der Waals surface area (Å²) in [6, 6.07) is 6.55. The van der Waals surface area contributed by atoms with E-state index in [1.54, 1.807) is 31.2 Å². The summed E-state index contributed by atoms with van der Waals surface area (Å²) in [5.41, 5.74) is -0.353. The van der Waals surface area contributed by atoms with Crippen LogP contribution in [-0.4, -0.2) is 34.9 Å². The second-order valence-electron chi connectivity index (χ2n) is 6.06. The maximum atomic E-state index is 12.0. The topological polar surface area (TPSA) is 92.7 Å². The summed E-state index contributed by atoms with van der Waals surface area (Å²) in [5.74, 6) is -1.11. The SMILES string of the molecule is CC(=O)c1cccc(OCC(=O)NC(C)(CC(=O)O)C(C)C)c1. The Balaban J connectivity index is 2.67. The minimum Gasteiger partial charge on any atom is -0.484 e. The Morgan fingerprint density at radius 1 is 1.30 bits per heavy atom. The molecule has 0 fully saturated rings. The number of amides is 1. The van der Waals surface area contributed by atoms with E-state index in [0.29, 0.717) is 11.3 Å². The third kappa shape index (κ3) is 5.73. The molecule has 1 unspecified atom stereocenters. The monoisotopic (exact) mass is 321 g/mol. The Morgan fingerprint density at radius 3 is 2.48 bits per heavy atom. The molecule has 0 heterocycles. The van der Waals surface area contributed by atoms with E-state index >= 15 is 0 Å². The van der Waals surface area contributed by atoms with Crippen molar-refractivity contribution in [3.63, 3.8) is 0 Å². The number of nitrogens with one attached hydrogen (secondary N) is 1. The molecule has 0 saturated carbocycles. The maximum Gasteiger partial charge on any atom is 0.305 e. The van der Waals surface area contributed by atoms with Gasteiger partial charge in [-0.2, -0.15) is 0 Å². The maximum absolute atomic E-state index is 12.0. The number of hydrogen-bond acceptors (Lipinski definition) is 4. The summed E-state index contributed by atoms with van der Waals surface area (Å²) in [7, 11) is 0. The molecule has 0 aromatic heterocycles. The predicted molar refractivity (Wildman–Crippen MR) is 85.6 cm³/mol. The van der Waals surface area contributed by atoms with Crippen LogP contribution in [0.3, 0.4) is 0 Å². The van der Waals surface area contributed by atoms with E-state index in [1.807, 2.05) is 13.8 Å². The van der Waals surface area contributed by atoms with Crippen LogP contribution in [0.4, 0.5) is 0 Å². The number of carboxylic acids is 1. The molecule has 1 aromatic rings. The Morgan fingerprint density at radius 2 is 1.96 bits per heavy atom. The number of aliphatic carboxylic acids is 1. The molecule has 0 aliphatic heterocycles. The van der Waals surface area contributed by atoms with E-state index in [1.165, 1.54) is 6.92 Å². The van der Waals surface area contributed by atoms with Crippen LogP contribution in [0.25, 0.3) is 0 Å². The first-order valence-electron chi connectivity index (χ1n) is 7.40. The van der Waals surface area contributed by atoms with Gasteiger partial charge >= 0.3 is 5.97 Å². The molecular weight excluding hydrogens is 298 g/mol. The summed E-state index contributed by atoms with van der Waals surface area (Å²) in [6.45, 7) is 6.59. The van der Waals surface area contributed by atoms with Crippen LogP contribution < -0.4 is 10.1 Å². The Hall–Kier alpha value is -2.37. The van der Waals surface area contributed by atoms with Gasteiger partial charge in [0, 0.05) is 5.56 Å². The highest BCUT2D eigenvalue weighted by atomic mass is 16.5. The zero-order valence-corrected chi connectivity index (χ0v) is 13.9. The number of ether oxygens (including phenoxy) is 1. The molecule has 0 spiro atoms. The van der Waals surface area contributed by atoms with Crippen molar-refractivity contribution >= 4 is 17.7 Å². The van der Waals surface area contributed by atoms with Crippen LogP contribution in [0.15, 0.2) is 24.3 Å². The summed E-state index contributed by atoms with van der Waals surface area (Å²) in [4.78, 5) is 34.3. The Bertz CT molecular complexity index is 596. The summed E-state index contributed by atoms with van der Waals surface area (Å²) >= 11 is 0. The normalized spacial score (nSPS) is 13.3. The number of hydrogen-bond donors (Lipinski definition) is 2. The van der Waals surface area contributed by atoms with Crippen molar-refractivity contribution in [2.75, 3.05) is 6.61 Å². The van der Waals surface area contributed by atoms with Crippen molar-refractivity contribution in [1.82, 2.24) is 5.32 Å². The standard InChI is InChI=1S/C17H23NO5/c1-11(2)17(4,9-16(21)22)18-15(20)10-23-14-7-5-6-13(8-14)12(3)19/h5-8,11H,9-10H2,1-4H3,(H,18,20)(H,21,22). The Labute approximate surface area is 135 Å². The van der Waals surface area contributed by atoms with E-state index < -0.39 is 17.4 Å². The second-order valence-corrected chi connectivity index (χ2v) is 6.06. The van der Waals surface area contributed by atoms with E-state index in [0.717, 1.165) is 0 Å². The van der Waals surface area contributed by atoms with Crippen molar-refractivity contribution in [3.8, 4) is 5.75 Å². The number of rotatable bonds is 8. The first-order valence-corrected chi connectivity index (χ1v) is 7.40. The lowest BCUT2D eigenvalue weighted by atomic mass is 9.85. The van der Waals surface area contributed by atoms with Crippen molar-refractivity contribution in [3.05, 3.63) is 29.8 Å². The summed E-state index contributed by atoms with van der Waals surface area (Å²) < 4.78 is 5.38. The number of carboxylic acid groups (broad SMARTS) is 1. The van der Waals surface area contributed by atoms with E-state index in [2.05, 4.69) is 5.32 Å². The molecule has 1 amide bonds. The van der Waals surface area contributed by atoms with Crippen LogP contribution in [0.1, 0.15) is 44.5 Å². The highest BCUT2D eigenvalue weighted by Gasteiger charge is 2.32. The molecule has 0 saturated heterocycles. The van der Waals surface area contributed by atoms with Crippen LogP contribution >= 0.6 is 0 Å².